The Morgan fingerprint density at radius 2 is 1.40 bits per heavy atom. The van der Waals surface area contributed by atoms with E-state index in [1.807, 2.05) is 30.3 Å². The second kappa shape index (κ2) is 16.4. The fourth-order valence-electron chi connectivity index (χ4n) is 7.48. The van der Waals surface area contributed by atoms with Crippen LogP contribution in [0.4, 0.5) is 0 Å². The smallest absolute Gasteiger partial charge is 0.171 e. The second-order valence-electron chi connectivity index (χ2n) is 15.1. The van der Waals surface area contributed by atoms with Gasteiger partial charge in [0.25, 0.3) is 0 Å². The van der Waals surface area contributed by atoms with Crippen LogP contribution in [0.25, 0.3) is 22.3 Å². The summed E-state index contributed by atoms with van der Waals surface area (Å²) in [6.45, 7) is 30.0. The van der Waals surface area contributed by atoms with Gasteiger partial charge in [-0.15, -0.1) is 11.6 Å². The largest absolute Gasteiger partial charge is 0.184 e. The summed E-state index contributed by atoms with van der Waals surface area (Å²) < 4.78 is 3.34. The zero-order chi connectivity index (χ0) is 36.0. The molecule has 0 saturated carbocycles. The minimum atomic E-state index is 0.0340. The van der Waals surface area contributed by atoms with Crippen molar-refractivity contribution in [3.8, 4) is 11.1 Å². The molecule has 0 saturated heterocycles. The summed E-state index contributed by atoms with van der Waals surface area (Å²) in [5, 5.41) is 0. The zero-order valence-electron chi connectivity index (χ0n) is 32.0. The molecule has 4 aliphatic carbocycles. The van der Waals surface area contributed by atoms with Gasteiger partial charge in [0.15, 0.2) is 0 Å². The molecule has 0 heterocycles. The first-order valence-electron chi connectivity index (χ1n) is 17.7. The van der Waals surface area contributed by atoms with Crippen molar-refractivity contribution < 1.29 is 24.2 Å². The molecule has 3 aromatic carbocycles. The van der Waals surface area contributed by atoms with Gasteiger partial charge in [-0.25, -0.2) is 11.1 Å². The molecule has 4 aliphatic rings. The Morgan fingerprint density at radius 1 is 0.833 bits per heavy atom. The Balaban J connectivity index is 0.000000227. The first kappa shape index (κ1) is 39.8. The average Bonchev–Trinajstić information content (AvgIpc) is 3.78. The third-order valence-corrected chi connectivity index (χ3v) is 9.69. The molecule has 48 heavy (non-hydrogen) atoms. The molecule has 1 atom stereocenters. The van der Waals surface area contributed by atoms with Crippen LogP contribution in [0.1, 0.15) is 129 Å². The summed E-state index contributed by atoms with van der Waals surface area (Å²) in [4.78, 5) is 0. The van der Waals surface area contributed by atoms with E-state index in [2.05, 4.69) is 142 Å². The number of fused-ring (bicyclic) bond motifs is 5. The molecular formula is C47H58Zr-4. The predicted molar refractivity (Wildman–Crippen MR) is 209 cm³/mol. The third kappa shape index (κ3) is 8.56. The normalized spacial score (nSPS) is 18.1. The fourth-order valence-corrected chi connectivity index (χ4v) is 7.48. The van der Waals surface area contributed by atoms with Gasteiger partial charge < -0.3 is 6.92 Å². The topological polar surface area (TPSA) is 0 Å². The van der Waals surface area contributed by atoms with E-state index in [1.54, 1.807) is 6.92 Å². The van der Waals surface area contributed by atoms with Crippen LogP contribution in [-0.2, 0) is 41.5 Å². The van der Waals surface area contributed by atoms with E-state index in [1.165, 1.54) is 97.5 Å². The summed E-state index contributed by atoms with van der Waals surface area (Å²) in [5.41, 5.74) is 17.8. The van der Waals surface area contributed by atoms with Gasteiger partial charge in [0.1, 0.15) is 0 Å². The molecule has 1 unspecified atom stereocenters. The zero-order valence-corrected chi connectivity index (χ0v) is 34.4. The van der Waals surface area contributed by atoms with E-state index in [0.717, 1.165) is 12.8 Å². The Bertz CT molecular complexity index is 1590. The molecule has 0 aromatic heterocycles. The Labute approximate surface area is 309 Å². The molecule has 0 nitrogen and oxygen atoms in total. The van der Waals surface area contributed by atoms with Crippen molar-refractivity contribution in [2.45, 2.75) is 113 Å². The second-order valence-corrected chi connectivity index (χ2v) is 15.1. The van der Waals surface area contributed by atoms with E-state index < -0.39 is 0 Å². The summed E-state index contributed by atoms with van der Waals surface area (Å²) in [5.74, 6) is 0.573. The minimum Gasteiger partial charge on any atom is -0.184 e. The van der Waals surface area contributed by atoms with Crippen molar-refractivity contribution in [1.29, 1.82) is 0 Å². The maximum absolute atomic E-state index is 3.65. The molecule has 0 spiro atoms. The van der Waals surface area contributed by atoms with Crippen molar-refractivity contribution in [3.63, 3.8) is 0 Å². The van der Waals surface area contributed by atoms with Gasteiger partial charge >= 0.3 is 28.4 Å². The Kier molecular flexibility index (Phi) is 13.6. The van der Waals surface area contributed by atoms with E-state index in [-0.39, 0.29) is 10.8 Å². The fraction of sp³-hybridized carbons (Fsp3) is 0.404. The molecule has 0 aliphatic heterocycles. The van der Waals surface area contributed by atoms with Gasteiger partial charge in [-0.05, 0) is 58.4 Å². The van der Waals surface area contributed by atoms with Crippen molar-refractivity contribution in [3.05, 3.63) is 136 Å². The molecule has 3 aromatic rings. The van der Waals surface area contributed by atoms with Crippen LogP contribution in [0.15, 0.2) is 77.9 Å². The monoisotopic (exact) mass is 712 g/mol. The maximum Gasteiger partial charge on any atom is -0.171 e. The SMILES string of the molecule is CC1=[C-]C(C)(C)c2cc3c(cc21)-c1cc2c(cc1C3)C(C)(C)C=C2C.CCC1=[C-]C(CC)C=C1C(C)(C)C.[CH2-]C.[CH2]=[Zr].[c-]1ccccc1. The van der Waals surface area contributed by atoms with Crippen LogP contribution < -0.4 is 0 Å². The van der Waals surface area contributed by atoms with Gasteiger partial charge in [-0.3, -0.25) is 12.2 Å². The summed E-state index contributed by atoms with van der Waals surface area (Å²) in [7, 11) is 0. The standard InChI is InChI=1S/C25H25.C13H21.C6H5.C2H5.CH2.Zr/c1-14-12-24(3,4)22-8-16-7-17-9-23-19(15(2)13-25(23,5)6)11-21(17)20(16)10-18(14)22;1-6-10-8-11(7-2)12(9-10)13(3,4)5;1-2-4-6-5-3-1;1-2;;/h8-12H,7H2,1-6H3;9-10H,6-7H2,1-5H3;1-5H;1H2,2H3;1H2;/q4*-1;;. The number of rotatable bonds is 2. The Morgan fingerprint density at radius 3 is 1.85 bits per heavy atom. The van der Waals surface area contributed by atoms with Crippen LogP contribution in [0.5, 0.6) is 0 Å². The van der Waals surface area contributed by atoms with Crippen molar-refractivity contribution >= 4 is 15.4 Å². The molecule has 254 valence electrons. The number of benzene rings is 3. The molecule has 0 bridgehead atoms. The van der Waals surface area contributed by atoms with E-state index in [0.29, 0.717) is 11.3 Å². The van der Waals surface area contributed by atoms with E-state index >= 15 is 0 Å². The summed E-state index contributed by atoms with van der Waals surface area (Å²) in [6, 6.07) is 22.3. The molecule has 0 N–H and O–H groups in total. The van der Waals surface area contributed by atoms with Gasteiger partial charge in [-0.2, -0.15) is 60.5 Å². The van der Waals surface area contributed by atoms with Crippen LogP contribution in [0, 0.1) is 36.5 Å². The van der Waals surface area contributed by atoms with E-state index in [4.69, 9.17) is 0 Å². The molecule has 0 fully saturated rings. The van der Waals surface area contributed by atoms with Crippen LogP contribution >= 0.6 is 0 Å². The molecule has 0 amide bonds. The molecular weight excluding hydrogens is 656 g/mol. The van der Waals surface area contributed by atoms with Crippen LogP contribution in [0.3, 0.4) is 0 Å². The summed E-state index contributed by atoms with van der Waals surface area (Å²) in [6.07, 6.45) is 15.4. The van der Waals surface area contributed by atoms with Crippen LogP contribution in [-0.4, -0.2) is 4.21 Å². The predicted octanol–water partition coefficient (Wildman–Crippen LogP) is 12.9. The van der Waals surface area contributed by atoms with Gasteiger partial charge in [0.05, 0.1) is 0 Å². The van der Waals surface area contributed by atoms with Crippen LogP contribution in [0.2, 0.25) is 0 Å². The van der Waals surface area contributed by atoms with Gasteiger partial charge in [0, 0.05) is 5.41 Å². The number of hydrogen-bond acceptors (Lipinski definition) is 0. The van der Waals surface area contributed by atoms with Crippen molar-refractivity contribution in [2.24, 2.45) is 11.3 Å². The number of allylic oxidation sites excluding steroid dienone is 8. The first-order chi connectivity index (χ1) is 22.7. The van der Waals surface area contributed by atoms with Crippen molar-refractivity contribution in [2.75, 3.05) is 0 Å². The Hall–Kier alpha value is -2.63. The molecule has 1 heteroatoms. The van der Waals surface area contributed by atoms with Gasteiger partial charge in [0.2, 0.25) is 0 Å². The quantitative estimate of drug-likeness (QED) is 0.181. The van der Waals surface area contributed by atoms with Gasteiger partial charge in [-0.1, -0.05) is 117 Å². The molecule has 0 radical (unpaired) electrons. The summed E-state index contributed by atoms with van der Waals surface area (Å²) >= 11 is 1.30. The minimum absolute atomic E-state index is 0.0340. The van der Waals surface area contributed by atoms with E-state index in [9.17, 15) is 0 Å². The van der Waals surface area contributed by atoms with Crippen molar-refractivity contribution in [1.82, 2.24) is 0 Å². The third-order valence-electron chi connectivity index (χ3n) is 9.69. The maximum atomic E-state index is 3.65. The molecule has 7 rings (SSSR count). The average molecular weight is 714 g/mol. The number of hydrogen-bond donors (Lipinski definition) is 0. The first-order valence-corrected chi connectivity index (χ1v) is 19.4.